The van der Waals surface area contributed by atoms with Crippen molar-refractivity contribution in [1.82, 2.24) is 0 Å². The first-order chi connectivity index (χ1) is 9.45. The minimum Gasteiger partial charge on any atom is -0.300 e. The fraction of sp³-hybridized carbons (Fsp3) is 0.526. The molecule has 1 aromatic rings. The van der Waals surface area contributed by atoms with Crippen LogP contribution in [0, 0.1) is 12.8 Å². The van der Waals surface area contributed by atoms with Crippen molar-refractivity contribution in [3.63, 3.8) is 0 Å². The smallest absolute Gasteiger partial charge is 0.130 e. The van der Waals surface area contributed by atoms with Gasteiger partial charge in [0.05, 0.1) is 0 Å². The van der Waals surface area contributed by atoms with Crippen LogP contribution in [0.2, 0.25) is 0 Å². The fourth-order valence-electron chi connectivity index (χ4n) is 2.56. The summed E-state index contributed by atoms with van der Waals surface area (Å²) in [6.45, 7) is 10.4. The van der Waals surface area contributed by atoms with Gasteiger partial charge in [-0.2, -0.15) is 0 Å². The number of Topliss-reactive ketones (excluding diaryl/α,β-unsaturated/α-hetero) is 1. The van der Waals surface area contributed by atoms with Crippen LogP contribution in [0.5, 0.6) is 0 Å². The van der Waals surface area contributed by atoms with Gasteiger partial charge in [0, 0.05) is 6.42 Å². The number of unbranched alkanes of at least 4 members (excludes halogenated alkanes) is 1. The van der Waals surface area contributed by atoms with Gasteiger partial charge >= 0.3 is 0 Å². The van der Waals surface area contributed by atoms with Crippen LogP contribution in [0.3, 0.4) is 0 Å². The minimum absolute atomic E-state index is 0.274. The minimum atomic E-state index is 0.274. The van der Waals surface area contributed by atoms with Crippen molar-refractivity contribution >= 4 is 11.4 Å². The Balaban J connectivity index is 3.09. The second-order valence-electron chi connectivity index (χ2n) is 5.94. The van der Waals surface area contributed by atoms with Crippen molar-refractivity contribution in [3.05, 3.63) is 41.0 Å². The maximum atomic E-state index is 11.4. The van der Waals surface area contributed by atoms with Gasteiger partial charge in [-0.15, -0.1) is 0 Å². The van der Waals surface area contributed by atoms with Crippen LogP contribution in [0.15, 0.2) is 29.8 Å². The molecule has 1 unspecified atom stereocenters. The molecule has 0 fully saturated rings. The van der Waals surface area contributed by atoms with Crippen LogP contribution in [0.1, 0.15) is 64.5 Å². The average Bonchev–Trinajstić information content (AvgIpc) is 2.40. The molecule has 110 valence electrons. The maximum absolute atomic E-state index is 11.4. The summed E-state index contributed by atoms with van der Waals surface area (Å²) in [5, 5.41) is 0. The highest BCUT2D eigenvalue weighted by Crippen LogP contribution is 2.30. The molecule has 0 bridgehead atoms. The summed E-state index contributed by atoms with van der Waals surface area (Å²) in [5.41, 5.74) is 5.41. The SMILES string of the molecule is CCCC/C(=C(/C)C(C)CC(C)=O)c1ccc(C)cc1. The average molecular weight is 272 g/mol. The summed E-state index contributed by atoms with van der Waals surface area (Å²) >= 11 is 0. The molecule has 0 radical (unpaired) electrons. The number of benzene rings is 1. The van der Waals surface area contributed by atoms with Crippen molar-refractivity contribution in [3.8, 4) is 0 Å². The normalized spacial score (nSPS) is 13.8. The van der Waals surface area contributed by atoms with E-state index in [4.69, 9.17) is 0 Å². The summed E-state index contributed by atoms with van der Waals surface area (Å²) < 4.78 is 0. The monoisotopic (exact) mass is 272 g/mol. The van der Waals surface area contributed by atoms with E-state index in [0.717, 1.165) is 6.42 Å². The second-order valence-corrected chi connectivity index (χ2v) is 5.94. The lowest BCUT2D eigenvalue weighted by Crippen LogP contribution is -2.05. The molecule has 0 heterocycles. The van der Waals surface area contributed by atoms with Crippen LogP contribution >= 0.6 is 0 Å². The zero-order chi connectivity index (χ0) is 15.1. The third-order valence-corrected chi connectivity index (χ3v) is 3.99. The number of aryl methyl sites for hydroxylation is 1. The summed E-state index contributed by atoms with van der Waals surface area (Å²) in [5.74, 6) is 0.608. The first-order valence-electron chi connectivity index (χ1n) is 7.71. The number of hydrogen-bond acceptors (Lipinski definition) is 1. The summed E-state index contributed by atoms with van der Waals surface area (Å²) in [4.78, 5) is 11.4. The van der Waals surface area contributed by atoms with Crippen LogP contribution in [-0.2, 0) is 4.79 Å². The molecule has 0 aliphatic heterocycles. The van der Waals surface area contributed by atoms with Crippen LogP contribution in [0.25, 0.3) is 5.57 Å². The Morgan fingerprint density at radius 1 is 1.15 bits per heavy atom. The number of hydrogen-bond donors (Lipinski definition) is 0. The molecule has 1 nitrogen and oxygen atoms in total. The lowest BCUT2D eigenvalue weighted by molar-refractivity contribution is -0.117. The van der Waals surface area contributed by atoms with Crippen molar-refractivity contribution < 1.29 is 4.79 Å². The molecule has 0 aromatic heterocycles. The largest absolute Gasteiger partial charge is 0.300 e. The molecule has 0 spiro atoms. The van der Waals surface area contributed by atoms with Crippen LogP contribution < -0.4 is 0 Å². The summed E-state index contributed by atoms with van der Waals surface area (Å²) in [7, 11) is 0. The molecule has 0 N–H and O–H groups in total. The summed E-state index contributed by atoms with van der Waals surface area (Å²) in [6, 6.07) is 8.77. The topological polar surface area (TPSA) is 17.1 Å². The quantitative estimate of drug-likeness (QED) is 0.633. The first-order valence-corrected chi connectivity index (χ1v) is 7.71. The van der Waals surface area contributed by atoms with Gasteiger partial charge in [0.25, 0.3) is 0 Å². The first kappa shape index (κ1) is 16.7. The van der Waals surface area contributed by atoms with Gasteiger partial charge in [-0.05, 0) is 50.7 Å². The van der Waals surface area contributed by atoms with E-state index in [1.807, 2.05) is 0 Å². The van der Waals surface area contributed by atoms with Crippen LogP contribution in [-0.4, -0.2) is 5.78 Å². The van der Waals surface area contributed by atoms with E-state index in [0.29, 0.717) is 12.3 Å². The van der Waals surface area contributed by atoms with E-state index in [1.54, 1.807) is 6.92 Å². The Hall–Kier alpha value is -1.37. The van der Waals surface area contributed by atoms with E-state index in [-0.39, 0.29) is 5.78 Å². The molecule has 1 heteroatoms. The van der Waals surface area contributed by atoms with Gasteiger partial charge in [-0.3, -0.25) is 0 Å². The Labute approximate surface area is 124 Å². The number of allylic oxidation sites excluding steroid dienone is 2. The molecule has 0 amide bonds. The zero-order valence-corrected chi connectivity index (χ0v) is 13.6. The lowest BCUT2D eigenvalue weighted by Gasteiger charge is -2.18. The van der Waals surface area contributed by atoms with Gasteiger partial charge in [0.1, 0.15) is 5.78 Å². The number of ketones is 1. The molecular formula is C19H28O. The highest BCUT2D eigenvalue weighted by molar-refractivity contribution is 5.77. The summed E-state index contributed by atoms with van der Waals surface area (Å²) in [6.07, 6.45) is 4.15. The van der Waals surface area contributed by atoms with Crippen LogP contribution in [0.4, 0.5) is 0 Å². The van der Waals surface area contributed by atoms with E-state index >= 15 is 0 Å². The zero-order valence-electron chi connectivity index (χ0n) is 13.6. The molecule has 0 aliphatic rings. The predicted molar refractivity (Wildman–Crippen MR) is 87.8 cm³/mol. The van der Waals surface area contributed by atoms with Gasteiger partial charge in [-0.25, -0.2) is 0 Å². The molecule has 1 atom stereocenters. The molecule has 1 aromatic carbocycles. The molecular weight excluding hydrogens is 244 g/mol. The number of carbonyl (C=O) groups is 1. The van der Waals surface area contributed by atoms with E-state index in [1.165, 1.54) is 35.1 Å². The maximum Gasteiger partial charge on any atom is 0.130 e. The number of rotatable bonds is 7. The Morgan fingerprint density at radius 2 is 1.75 bits per heavy atom. The van der Waals surface area contributed by atoms with Gasteiger partial charge in [0.2, 0.25) is 0 Å². The van der Waals surface area contributed by atoms with Crippen molar-refractivity contribution in [2.45, 2.75) is 60.3 Å². The highest BCUT2D eigenvalue weighted by Gasteiger charge is 2.13. The molecule has 0 saturated carbocycles. The molecule has 0 saturated heterocycles. The van der Waals surface area contributed by atoms with Gasteiger partial charge in [0.15, 0.2) is 0 Å². The Morgan fingerprint density at radius 3 is 2.25 bits per heavy atom. The Kier molecular flexibility index (Phi) is 6.70. The third-order valence-electron chi connectivity index (χ3n) is 3.99. The van der Waals surface area contributed by atoms with E-state index in [2.05, 4.69) is 52.0 Å². The number of carbonyl (C=O) groups excluding carboxylic acids is 1. The van der Waals surface area contributed by atoms with Crippen molar-refractivity contribution in [2.75, 3.05) is 0 Å². The van der Waals surface area contributed by atoms with E-state index < -0.39 is 0 Å². The van der Waals surface area contributed by atoms with Gasteiger partial charge < -0.3 is 4.79 Å². The standard InChI is InChI=1S/C19H28O/c1-6-7-8-19(17(5)15(3)13-16(4)20)18-11-9-14(2)10-12-18/h9-12,15H,6-8,13H2,1-5H3/b19-17+. The predicted octanol–water partition coefficient (Wildman–Crippen LogP) is 5.57. The Bertz CT molecular complexity index is 465. The van der Waals surface area contributed by atoms with E-state index in [9.17, 15) is 4.79 Å². The second kappa shape index (κ2) is 8.04. The molecule has 20 heavy (non-hydrogen) atoms. The van der Waals surface area contributed by atoms with Crippen molar-refractivity contribution in [2.24, 2.45) is 5.92 Å². The molecule has 1 rings (SSSR count). The molecule has 0 aliphatic carbocycles. The van der Waals surface area contributed by atoms with Gasteiger partial charge in [-0.1, -0.05) is 55.7 Å². The third kappa shape index (κ3) is 4.96. The fourth-order valence-corrected chi connectivity index (χ4v) is 2.56. The lowest BCUT2D eigenvalue weighted by atomic mass is 9.87. The highest BCUT2D eigenvalue weighted by atomic mass is 16.1. The van der Waals surface area contributed by atoms with Crippen molar-refractivity contribution in [1.29, 1.82) is 0 Å².